The highest BCUT2D eigenvalue weighted by Crippen LogP contribution is 2.42. The molecule has 1 aromatic heterocycles. The Hall–Kier alpha value is -2.25. The Bertz CT molecular complexity index is 823. The first-order chi connectivity index (χ1) is 12.5. The lowest BCUT2D eigenvalue weighted by molar-refractivity contribution is -0.153. The first-order valence-corrected chi connectivity index (χ1v) is 8.90. The van der Waals surface area contributed by atoms with Gasteiger partial charge < -0.3 is 10.0 Å². The van der Waals surface area contributed by atoms with Crippen molar-refractivity contribution in [2.45, 2.75) is 13.0 Å². The number of aromatic nitrogens is 2. The molecule has 2 saturated heterocycles. The molecule has 2 fully saturated rings. The first-order valence-electron chi connectivity index (χ1n) is 8.90. The van der Waals surface area contributed by atoms with Crippen molar-refractivity contribution in [3.8, 4) is 5.69 Å². The van der Waals surface area contributed by atoms with Crippen LogP contribution < -0.4 is 0 Å². The first kappa shape index (κ1) is 17.2. The SMILES string of the molecule is CN1CC[C@H]2CN(Cc3cnn(-c4cccc(F)c4)c3)C[C@@]2(C(=O)O)C1. The minimum atomic E-state index is -0.688. The van der Waals surface area contributed by atoms with E-state index in [1.807, 2.05) is 13.2 Å². The standard InChI is InChI=1S/C19H23FN4O2/c1-22-6-5-15-11-23(13-19(15,12-22)18(25)26)9-14-8-21-24(10-14)17-4-2-3-16(20)7-17/h2-4,7-8,10,15H,5-6,9,11-13H2,1H3,(H,25,26)/t15-,19-/m0/s1. The number of fused-ring (bicyclic) bond motifs is 1. The molecule has 7 heteroatoms. The third-order valence-electron chi connectivity index (χ3n) is 5.72. The number of carboxylic acids is 1. The Kier molecular flexibility index (Phi) is 4.28. The molecule has 0 saturated carbocycles. The van der Waals surface area contributed by atoms with Crippen molar-refractivity contribution < 1.29 is 14.3 Å². The van der Waals surface area contributed by atoms with Gasteiger partial charge in [0.2, 0.25) is 0 Å². The van der Waals surface area contributed by atoms with E-state index in [-0.39, 0.29) is 11.7 Å². The third kappa shape index (κ3) is 3.01. The second-order valence-corrected chi connectivity index (χ2v) is 7.63. The van der Waals surface area contributed by atoms with E-state index < -0.39 is 11.4 Å². The fourth-order valence-electron chi connectivity index (χ4n) is 4.45. The Balaban J connectivity index is 1.50. The zero-order valence-corrected chi connectivity index (χ0v) is 14.8. The van der Waals surface area contributed by atoms with Crippen LogP contribution in [0.5, 0.6) is 0 Å². The summed E-state index contributed by atoms with van der Waals surface area (Å²) in [6.45, 7) is 3.56. The molecule has 1 aromatic carbocycles. The molecule has 138 valence electrons. The molecule has 2 aromatic rings. The van der Waals surface area contributed by atoms with Crippen molar-refractivity contribution in [3.05, 3.63) is 48.0 Å². The highest BCUT2D eigenvalue weighted by molar-refractivity contribution is 5.76. The van der Waals surface area contributed by atoms with Crippen molar-refractivity contribution in [2.75, 3.05) is 33.2 Å². The monoisotopic (exact) mass is 358 g/mol. The van der Waals surface area contributed by atoms with Gasteiger partial charge in [0, 0.05) is 37.9 Å². The van der Waals surface area contributed by atoms with E-state index in [2.05, 4.69) is 14.9 Å². The summed E-state index contributed by atoms with van der Waals surface area (Å²) in [5, 5.41) is 14.2. The summed E-state index contributed by atoms with van der Waals surface area (Å²) in [5.74, 6) is -0.794. The van der Waals surface area contributed by atoms with Gasteiger partial charge >= 0.3 is 5.97 Å². The van der Waals surface area contributed by atoms with Crippen LogP contribution in [0.1, 0.15) is 12.0 Å². The fourth-order valence-corrected chi connectivity index (χ4v) is 4.45. The zero-order chi connectivity index (χ0) is 18.3. The highest BCUT2D eigenvalue weighted by Gasteiger charge is 2.54. The molecule has 6 nitrogen and oxygen atoms in total. The number of benzene rings is 1. The van der Waals surface area contributed by atoms with Gasteiger partial charge in [-0.1, -0.05) is 6.07 Å². The number of aliphatic carboxylic acids is 1. The number of rotatable bonds is 4. The largest absolute Gasteiger partial charge is 0.481 e. The Labute approximate surface area is 151 Å². The number of carboxylic acid groups (broad SMARTS) is 1. The van der Waals surface area contributed by atoms with Crippen molar-refractivity contribution in [2.24, 2.45) is 11.3 Å². The molecule has 26 heavy (non-hydrogen) atoms. The molecular weight excluding hydrogens is 335 g/mol. The number of hydrogen-bond donors (Lipinski definition) is 1. The summed E-state index contributed by atoms with van der Waals surface area (Å²) >= 11 is 0. The van der Waals surface area contributed by atoms with Crippen molar-refractivity contribution >= 4 is 5.97 Å². The maximum atomic E-state index is 13.4. The van der Waals surface area contributed by atoms with Crippen molar-refractivity contribution in [1.29, 1.82) is 0 Å². The minimum absolute atomic E-state index is 0.189. The van der Waals surface area contributed by atoms with Gasteiger partial charge in [0.25, 0.3) is 0 Å². The predicted octanol–water partition coefficient (Wildman–Crippen LogP) is 1.85. The fraction of sp³-hybridized carbons (Fsp3) is 0.474. The molecule has 0 radical (unpaired) electrons. The number of nitrogens with zero attached hydrogens (tertiary/aromatic N) is 4. The van der Waals surface area contributed by atoms with Crippen LogP contribution in [0.15, 0.2) is 36.7 Å². The van der Waals surface area contributed by atoms with Gasteiger partial charge in [-0.3, -0.25) is 9.69 Å². The average molecular weight is 358 g/mol. The van der Waals surface area contributed by atoms with Crippen molar-refractivity contribution in [3.63, 3.8) is 0 Å². The third-order valence-corrected chi connectivity index (χ3v) is 5.72. The van der Waals surface area contributed by atoms with Gasteiger partial charge in [-0.15, -0.1) is 0 Å². The predicted molar refractivity (Wildman–Crippen MR) is 94.5 cm³/mol. The second kappa shape index (κ2) is 6.48. The number of piperidine rings is 1. The smallest absolute Gasteiger partial charge is 0.312 e. The van der Waals surface area contributed by atoms with E-state index in [0.29, 0.717) is 25.3 Å². The summed E-state index contributed by atoms with van der Waals surface area (Å²) in [5.41, 5.74) is 1.00. The number of carbonyl (C=O) groups is 1. The lowest BCUT2D eigenvalue weighted by atomic mass is 9.73. The quantitative estimate of drug-likeness (QED) is 0.904. The Morgan fingerprint density at radius 2 is 2.27 bits per heavy atom. The van der Waals surface area contributed by atoms with Crippen LogP contribution in [-0.2, 0) is 11.3 Å². The minimum Gasteiger partial charge on any atom is -0.481 e. The van der Waals surface area contributed by atoms with Gasteiger partial charge in [0.15, 0.2) is 0 Å². The van der Waals surface area contributed by atoms with Gasteiger partial charge in [-0.2, -0.15) is 5.10 Å². The van der Waals surface area contributed by atoms with Crippen LogP contribution in [0.2, 0.25) is 0 Å². The molecule has 0 bridgehead atoms. The molecule has 3 heterocycles. The molecule has 2 atom stereocenters. The Morgan fingerprint density at radius 3 is 3.04 bits per heavy atom. The molecule has 1 N–H and O–H groups in total. The van der Waals surface area contributed by atoms with E-state index in [0.717, 1.165) is 25.1 Å². The Morgan fingerprint density at radius 1 is 1.42 bits per heavy atom. The number of hydrogen-bond acceptors (Lipinski definition) is 4. The molecule has 0 aliphatic carbocycles. The van der Waals surface area contributed by atoms with E-state index in [1.54, 1.807) is 23.0 Å². The van der Waals surface area contributed by atoms with Gasteiger partial charge in [-0.25, -0.2) is 9.07 Å². The molecule has 0 unspecified atom stereocenters. The normalized spacial score (nSPS) is 26.8. The maximum Gasteiger partial charge on any atom is 0.312 e. The van der Waals surface area contributed by atoms with E-state index in [4.69, 9.17) is 0 Å². The molecule has 0 spiro atoms. The summed E-state index contributed by atoms with van der Waals surface area (Å²) < 4.78 is 15.1. The second-order valence-electron chi connectivity index (χ2n) is 7.63. The van der Waals surface area contributed by atoms with E-state index >= 15 is 0 Å². The molecule has 4 rings (SSSR count). The molecule has 0 amide bonds. The molecular formula is C19H23FN4O2. The zero-order valence-electron chi connectivity index (χ0n) is 14.8. The summed E-state index contributed by atoms with van der Waals surface area (Å²) in [6.07, 6.45) is 4.57. The maximum absolute atomic E-state index is 13.4. The summed E-state index contributed by atoms with van der Waals surface area (Å²) in [6, 6.07) is 6.31. The highest BCUT2D eigenvalue weighted by atomic mass is 19.1. The van der Waals surface area contributed by atoms with Crippen LogP contribution in [0.25, 0.3) is 5.69 Å². The number of halogens is 1. The lowest BCUT2D eigenvalue weighted by Crippen LogP contribution is -2.52. The van der Waals surface area contributed by atoms with Gasteiger partial charge in [0.05, 0.1) is 17.3 Å². The van der Waals surface area contributed by atoms with Gasteiger partial charge in [0.1, 0.15) is 5.82 Å². The van der Waals surface area contributed by atoms with Crippen LogP contribution in [0.3, 0.4) is 0 Å². The average Bonchev–Trinajstić information content (AvgIpc) is 3.19. The summed E-state index contributed by atoms with van der Waals surface area (Å²) in [7, 11) is 1.99. The lowest BCUT2D eigenvalue weighted by Gasteiger charge is -2.39. The topological polar surface area (TPSA) is 61.6 Å². The van der Waals surface area contributed by atoms with Gasteiger partial charge in [-0.05, 0) is 44.1 Å². The number of likely N-dealkylation sites (tertiary alicyclic amines) is 2. The summed E-state index contributed by atoms with van der Waals surface area (Å²) in [4.78, 5) is 16.4. The van der Waals surface area contributed by atoms with Crippen LogP contribution in [0.4, 0.5) is 4.39 Å². The van der Waals surface area contributed by atoms with Crippen molar-refractivity contribution in [1.82, 2.24) is 19.6 Å². The van der Waals surface area contributed by atoms with Crippen LogP contribution in [0, 0.1) is 17.2 Å². The van der Waals surface area contributed by atoms with E-state index in [9.17, 15) is 14.3 Å². The molecule has 2 aliphatic rings. The van der Waals surface area contributed by atoms with Crippen LogP contribution >= 0.6 is 0 Å². The molecule has 2 aliphatic heterocycles. The van der Waals surface area contributed by atoms with E-state index in [1.165, 1.54) is 12.1 Å². The van der Waals surface area contributed by atoms with Crippen LogP contribution in [-0.4, -0.2) is 63.9 Å².